The van der Waals surface area contributed by atoms with E-state index in [4.69, 9.17) is 5.11 Å². The molecular formula is C12H7N3O2S2. The molecular weight excluding hydrogens is 282 g/mol. The Kier molecular flexibility index (Phi) is 3.14. The van der Waals surface area contributed by atoms with Crippen LogP contribution in [0.5, 0.6) is 0 Å². The highest BCUT2D eigenvalue weighted by Gasteiger charge is 2.09. The minimum atomic E-state index is -0.980. The van der Waals surface area contributed by atoms with Crippen molar-refractivity contribution in [2.24, 2.45) is 0 Å². The summed E-state index contributed by atoms with van der Waals surface area (Å²) < 4.78 is 1.01. The Morgan fingerprint density at radius 2 is 2.11 bits per heavy atom. The van der Waals surface area contributed by atoms with Gasteiger partial charge in [-0.2, -0.15) is 0 Å². The van der Waals surface area contributed by atoms with Crippen LogP contribution in [0, 0.1) is 0 Å². The molecule has 3 heterocycles. The van der Waals surface area contributed by atoms with Crippen LogP contribution in [-0.2, 0) is 0 Å². The number of carbonyl (C=O) groups is 1. The molecule has 3 aromatic rings. The van der Waals surface area contributed by atoms with Crippen molar-refractivity contribution < 1.29 is 9.90 Å². The number of aromatic carboxylic acids is 1. The molecule has 1 N–H and O–H groups in total. The zero-order valence-corrected chi connectivity index (χ0v) is 11.1. The molecule has 0 saturated carbocycles. The summed E-state index contributed by atoms with van der Waals surface area (Å²) in [6, 6.07) is 5.15. The summed E-state index contributed by atoms with van der Waals surface area (Å²) in [5, 5.41) is 12.3. The minimum absolute atomic E-state index is 0.174. The zero-order chi connectivity index (χ0) is 13.2. The number of carboxylic acids is 1. The third-order valence-corrected chi connectivity index (χ3v) is 4.39. The number of fused-ring (bicyclic) bond motifs is 1. The number of pyridine rings is 1. The Hall–Kier alpha value is -1.99. The number of aromatic nitrogens is 3. The lowest BCUT2D eigenvalue weighted by Gasteiger charge is -2.01. The lowest BCUT2D eigenvalue weighted by molar-refractivity contribution is 0.0696. The normalized spacial score (nSPS) is 10.7. The molecule has 0 aromatic carbocycles. The SMILES string of the molecule is O=C(O)c1ccc(Sc2ncnc3ccsc23)nc1. The number of hydrogen-bond donors (Lipinski definition) is 1. The van der Waals surface area contributed by atoms with Crippen LogP contribution in [0.25, 0.3) is 10.2 Å². The molecule has 3 rings (SSSR count). The standard InChI is InChI=1S/C12H7N3O2S2/c16-12(17)7-1-2-9(13-5-7)19-11-10-8(3-4-18-10)14-6-15-11/h1-6H,(H,16,17). The predicted octanol–water partition coefficient (Wildman–Crippen LogP) is 2.94. The Balaban J connectivity index is 1.92. The quantitative estimate of drug-likeness (QED) is 0.747. The van der Waals surface area contributed by atoms with Gasteiger partial charge in [0.05, 0.1) is 15.8 Å². The van der Waals surface area contributed by atoms with Gasteiger partial charge in [-0.15, -0.1) is 11.3 Å². The highest BCUT2D eigenvalue weighted by atomic mass is 32.2. The maximum Gasteiger partial charge on any atom is 0.337 e. The Morgan fingerprint density at radius 3 is 2.84 bits per heavy atom. The van der Waals surface area contributed by atoms with Gasteiger partial charge in [-0.05, 0) is 35.3 Å². The third-order valence-electron chi connectivity index (χ3n) is 2.40. The van der Waals surface area contributed by atoms with Crippen molar-refractivity contribution in [1.29, 1.82) is 0 Å². The van der Waals surface area contributed by atoms with Gasteiger partial charge >= 0.3 is 5.97 Å². The lowest BCUT2D eigenvalue weighted by Crippen LogP contribution is -1.96. The van der Waals surface area contributed by atoms with Crippen molar-refractivity contribution in [2.75, 3.05) is 0 Å². The smallest absolute Gasteiger partial charge is 0.337 e. The molecule has 0 aliphatic heterocycles. The molecule has 0 spiro atoms. The molecule has 0 atom stereocenters. The fourth-order valence-corrected chi connectivity index (χ4v) is 3.24. The number of carboxylic acid groups (broad SMARTS) is 1. The van der Waals surface area contributed by atoms with Gasteiger partial charge in [-0.1, -0.05) is 0 Å². The van der Waals surface area contributed by atoms with Gasteiger partial charge in [0.15, 0.2) is 0 Å². The molecule has 3 aromatic heterocycles. The van der Waals surface area contributed by atoms with Gasteiger partial charge in [0.2, 0.25) is 0 Å². The molecule has 0 bridgehead atoms. The van der Waals surface area contributed by atoms with Crippen molar-refractivity contribution in [3.05, 3.63) is 41.7 Å². The first kappa shape index (κ1) is 12.1. The van der Waals surface area contributed by atoms with Gasteiger partial charge in [0, 0.05) is 6.20 Å². The topological polar surface area (TPSA) is 76.0 Å². The molecule has 0 fully saturated rings. The van der Waals surface area contributed by atoms with E-state index in [0.717, 1.165) is 15.2 Å². The average molecular weight is 289 g/mol. The summed E-state index contributed by atoms with van der Waals surface area (Å²) >= 11 is 2.97. The molecule has 0 amide bonds. The molecule has 0 aliphatic carbocycles. The van der Waals surface area contributed by atoms with Crippen LogP contribution in [0.15, 0.2) is 46.2 Å². The van der Waals surface area contributed by atoms with Gasteiger partial charge < -0.3 is 5.11 Å². The molecule has 0 aliphatic rings. The van der Waals surface area contributed by atoms with E-state index in [1.165, 1.54) is 30.4 Å². The maximum atomic E-state index is 10.7. The first-order valence-corrected chi connectivity index (χ1v) is 6.99. The van der Waals surface area contributed by atoms with Crippen LogP contribution in [0.4, 0.5) is 0 Å². The lowest BCUT2D eigenvalue weighted by atomic mass is 10.3. The van der Waals surface area contributed by atoms with E-state index in [1.807, 2.05) is 11.4 Å². The van der Waals surface area contributed by atoms with Gasteiger partial charge in [-0.3, -0.25) is 0 Å². The summed E-state index contributed by atoms with van der Waals surface area (Å²) in [5.41, 5.74) is 1.08. The summed E-state index contributed by atoms with van der Waals surface area (Å²) in [4.78, 5) is 23.3. The maximum absolute atomic E-state index is 10.7. The van der Waals surface area contributed by atoms with E-state index in [9.17, 15) is 4.79 Å². The van der Waals surface area contributed by atoms with Crippen LogP contribution < -0.4 is 0 Å². The zero-order valence-electron chi connectivity index (χ0n) is 9.48. The molecule has 7 heteroatoms. The summed E-state index contributed by atoms with van der Waals surface area (Å²) in [7, 11) is 0. The third kappa shape index (κ3) is 2.42. The summed E-state index contributed by atoms with van der Waals surface area (Å²) in [6.45, 7) is 0. The monoisotopic (exact) mass is 289 g/mol. The van der Waals surface area contributed by atoms with Crippen molar-refractivity contribution >= 4 is 39.3 Å². The molecule has 19 heavy (non-hydrogen) atoms. The van der Waals surface area contributed by atoms with E-state index in [1.54, 1.807) is 17.4 Å². The number of rotatable bonds is 3. The van der Waals surface area contributed by atoms with Crippen LogP contribution in [0.2, 0.25) is 0 Å². The number of hydrogen-bond acceptors (Lipinski definition) is 6. The predicted molar refractivity (Wildman–Crippen MR) is 72.7 cm³/mol. The van der Waals surface area contributed by atoms with Gasteiger partial charge in [0.25, 0.3) is 0 Å². The first-order valence-electron chi connectivity index (χ1n) is 5.29. The molecule has 5 nitrogen and oxygen atoms in total. The highest BCUT2D eigenvalue weighted by Crippen LogP contribution is 2.32. The van der Waals surface area contributed by atoms with Crippen LogP contribution in [0.1, 0.15) is 10.4 Å². The molecule has 94 valence electrons. The second kappa shape index (κ2) is 4.94. The van der Waals surface area contributed by atoms with Crippen LogP contribution >= 0.6 is 23.1 Å². The van der Waals surface area contributed by atoms with E-state index >= 15 is 0 Å². The van der Waals surface area contributed by atoms with Crippen molar-refractivity contribution in [3.8, 4) is 0 Å². The molecule has 0 radical (unpaired) electrons. The largest absolute Gasteiger partial charge is 0.478 e. The first-order chi connectivity index (χ1) is 9.24. The fourth-order valence-electron chi connectivity index (χ4n) is 1.51. The molecule has 0 saturated heterocycles. The van der Waals surface area contributed by atoms with E-state index in [0.29, 0.717) is 5.03 Å². The van der Waals surface area contributed by atoms with Crippen molar-refractivity contribution in [2.45, 2.75) is 10.1 Å². The van der Waals surface area contributed by atoms with Crippen molar-refractivity contribution in [3.63, 3.8) is 0 Å². The fraction of sp³-hybridized carbons (Fsp3) is 0. The van der Waals surface area contributed by atoms with E-state index in [-0.39, 0.29) is 5.56 Å². The van der Waals surface area contributed by atoms with Crippen LogP contribution in [0.3, 0.4) is 0 Å². The van der Waals surface area contributed by atoms with Gasteiger partial charge in [-0.25, -0.2) is 19.7 Å². The Bertz CT molecular complexity index is 740. The Morgan fingerprint density at radius 1 is 1.21 bits per heavy atom. The van der Waals surface area contributed by atoms with Crippen LogP contribution in [-0.4, -0.2) is 26.0 Å². The summed E-state index contributed by atoms with van der Waals surface area (Å²) in [6.07, 6.45) is 2.86. The van der Waals surface area contributed by atoms with E-state index < -0.39 is 5.97 Å². The second-order valence-corrected chi connectivity index (χ2v) is 5.53. The van der Waals surface area contributed by atoms with Gasteiger partial charge in [0.1, 0.15) is 16.4 Å². The van der Waals surface area contributed by atoms with E-state index in [2.05, 4.69) is 15.0 Å². The number of thiophene rings is 1. The molecule has 0 unspecified atom stereocenters. The highest BCUT2D eigenvalue weighted by molar-refractivity contribution is 7.99. The second-order valence-electron chi connectivity index (χ2n) is 3.61. The summed E-state index contributed by atoms with van der Waals surface area (Å²) in [5.74, 6) is -0.980. The Labute approximate surface area is 116 Å². The number of nitrogens with zero attached hydrogens (tertiary/aromatic N) is 3. The minimum Gasteiger partial charge on any atom is -0.478 e. The average Bonchev–Trinajstić information content (AvgIpc) is 2.89. The van der Waals surface area contributed by atoms with Crippen molar-refractivity contribution in [1.82, 2.24) is 15.0 Å².